The van der Waals surface area contributed by atoms with Gasteiger partial charge in [0.15, 0.2) is 5.75 Å². The van der Waals surface area contributed by atoms with Gasteiger partial charge in [-0.15, -0.1) is 16.7 Å². The largest absolute Gasteiger partial charge is 0.505 e. The third kappa shape index (κ3) is 4.28. The lowest BCUT2D eigenvalue weighted by molar-refractivity contribution is -0.113. The number of carbonyl (C=O) groups excluding carboxylic acids is 1. The van der Waals surface area contributed by atoms with Gasteiger partial charge >= 0.3 is 0 Å². The van der Waals surface area contributed by atoms with E-state index in [-0.39, 0.29) is 16.7 Å². The highest BCUT2D eigenvalue weighted by Gasteiger charge is 2.22. The van der Waals surface area contributed by atoms with Gasteiger partial charge in [-0.05, 0) is 41.8 Å². The van der Waals surface area contributed by atoms with E-state index in [4.69, 9.17) is 11.6 Å². The first-order valence-corrected chi connectivity index (χ1v) is 9.87. The maximum atomic E-state index is 11.8. The van der Waals surface area contributed by atoms with Gasteiger partial charge in [0.1, 0.15) is 16.5 Å². The molecule has 3 rings (SSSR count). The standard InChI is InChI=1S/C18H14ClN3O5S/c19-10-16(23)20-13-6-7-14-11(8-13)9-15(28(25,26)27)17(18(14)24)22-21-12-4-2-1-3-5-12/h1-9,24H,10H2,(H,20,23)(H,25,26,27). The Balaban J connectivity index is 2.17. The fourth-order valence-corrected chi connectivity index (χ4v) is 3.24. The molecule has 0 radical (unpaired) electrons. The topological polar surface area (TPSA) is 128 Å². The molecule has 0 spiro atoms. The summed E-state index contributed by atoms with van der Waals surface area (Å²) in [5.41, 5.74) is 0.385. The Morgan fingerprint density at radius 1 is 1.07 bits per heavy atom. The summed E-state index contributed by atoms with van der Waals surface area (Å²) in [5, 5.41) is 21.3. The lowest BCUT2D eigenvalue weighted by atomic mass is 10.1. The first-order chi connectivity index (χ1) is 13.3. The molecule has 0 saturated carbocycles. The van der Waals surface area contributed by atoms with Crippen LogP contribution in [0.15, 0.2) is 69.7 Å². The number of amides is 1. The van der Waals surface area contributed by atoms with Crippen molar-refractivity contribution in [3.8, 4) is 5.75 Å². The van der Waals surface area contributed by atoms with Crippen molar-refractivity contribution in [1.82, 2.24) is 0 Å². The minimum absolute atomic E-state index is 0.252. The van der Waals surface area contributed by atoms with Crippen molar-refractivity contribution in [3.05, 3.63) is 54.6 Å². The number of nitrogens with zero attached hydrogens (tertiary/aromatic N) is 2. The van der Waals surface area contributed by atoms with Gasteiger partial charge in [0.2, 0.25) is 5.91 Å². The molecule has 0 heterocycles. The number of carbonyl (C=O) groups is 1. The predicted molar refractivity (Wildman–Crippen MR) is 105 cm³/mol. The number of hydrogen-bond acceptors (Lipinski definition) is 6. The molecular formula is C18H14ClN3O5S. The second kappa shape index (κ2) is 7.93. The summed E-state index contributed by atoms with van der Waals surface area (Å²) in [6.07, 6.45) is 0. The molecule has 0 aliphatic rings. The molecule has 0 aliphatic heterocycles. The second-order valence-electron chi connectivity index (χ2n) is 5.70. The molecule has 0 saturated heterocycles. The highest BCUT2D eigenvalue weighted by molar-refractivity contribution is 7.86. The second-order valence-corrected chi connectivity index (χ2v) is 7.36. The van der Waals surface area contributed by atoms with Crippen LogP contribution in [-0.2, 0) is 14.9 Å². The molecule has 28 heavy (non-hydrogen) atoms. The fraction of sp³-hybridized carbons (Fsp3) is 0.0556. The van der Waals surface area contributed by atoms with E-state index in [9.17, 15) is 22.9 Å². The number of anilines is 1. The molecule has 3 N–H and O–H groups in total. The average molecular weight is 420 g/mol. The van der Waals surface area contributed by atoms with E-state index in [1.165, 1.54) is 18.2 Å². The maximum Gasteiger partial charge on any atom is 0.296 e. The molecule has 0 fully saturated rings. The third-order valence-corrected chi connectivity index (χ3v) is 4.87. The van der Waals surface area contributed by atoms with Crippen molar-refractivity contribution >= 4 is 55.5 Å². The van der Waals surface area contributed by atoms with Gasteiger partial charge in [-0.2, -0.15) is 13.5 Å². The first kappa shape index (κ1) is 19.7. The van der Waals surface area contributed by atoms with Crippen molar-refractivity contribution in [2.75, 3.05) is 11.2 Å². The number of halogens is 1. The van der Waals surface area contributed by atoms with E-state index in [2.05, 4.69) is 15.5 Å². The molecular weight excluding hydrogens is 406 g/mol. The number of azo groups is 1. The van der Waals surface area contributed by atoms with Gasteiger partial charge in [0.05, 0.1) is 5.69 Å². The monoisotopic (exact) mass is 419 g/mol. The normalized spacial score (nSPS) is 11.8. The van der Waals surface area contributed by atoms with Crippen molar-refractivity contribution in [1.29, 1.82) is 0 Å². The number of aromatic hydroxyl groups is 1. The SMILES string of the molecule is O=C(CCl)Nc1ccc2c(O)c(N=Nc3ccccc3)c(S(=O)(=O)O)cc2c1. The van der Waals surface area contributed by atoms with E-state index in [1.54, 1.807) is 30.3 Å². The number of fused-ring (bicyclic) bond motifs is 1. The number of phenolic OH excluding ortho intramolecular Hbond substituents is 1. The van der Waals surface area contributed by atoms with Crippen LogP contribution in [0.3, 0.4) is 0 Å². The van der Waals surface area contributed by atoms with Crippen molar-refractivity contribution in [2.24, 2.45) is 10.2 Å². The smallest absolute Gasteiger partial charge is 0.296 e. The van der Waals surface area contributed by atoms with Crippen LogP contribution in [0.25, 0.3) is 10.8 Å². The minimum Gasteiger partial charge on any atom is -0.505 e. The Morgan fingerprint density at radius 3 is 2.43 bits per heavy atom. The molecule has 0 unspecified atom stereocenters. The number of hydrogen-bond donors (Lipinski definition) is 3. The van der Waals surface area contributed by atoms with Gasteiger partial charge in [0, 0.05) is 11.1 Å². The molecule has 3 aromatic rings. The summed E-state index contributed by atoms with van der Waals surface area (Å²) in [5.74, 6) is -1.17. The van der Waals surface area contributed by atoms with Gasteiger partial charge in [-0.3, -0.25) is 9.35 Å². The van der Waals surface area contributed by atoms with Crippen LogP contribution < -0.4 is 5.32 Å². The van der Waals surface area contributed by atoms with E-state index >= 15 is 0 Å². The highest BCUT2D eigenvalue weighted by Crippen LogP contribution is 2.42. The highest BCUT2D eigenvalue weighted by atomic mass is 35.5. The van der Waals surface area contributed by atoms with Crippen LogP contribution in [0.2, 0.25) is 0 Å². The van der Waals surface area contributed by atoms with Gasteiger partial charge in [-0.25, -0.2) is 0 Å². The summed E-state index contributed by atoms with van der Waals surface area (Å²) in [6.45, 7) is 0. The molecule has 0 aromatic heterocycles. The molecule has 3 aromatic carbocycles. The molecule has 0 aliphatic carbocycles. The Labute approximate surface area is 165 Å². The molecule has 8 nitrogen and oxygen atoms in total. The fourth-order valence-electron chi connectivity index (χ4n) is 2.52. The van der Waals surface area contributed by atoms with Crippen LogP contribution in [0.5, 0.6) is 5.75 Å². The Kier molecular flexibility index (Phi) is 5.59. The number of benzene rings is 3. The van der Waals surface area contributed by atoms with E-state index in [0.717, 1.165) is 6.07 Å². The zero-order chi connectivity index (χ0) is 20.3. The van der Waals surface area contributed by atoms with Crippen LogP contribution in [0.4, 0.5) is 17.1 Å². The first-order valence-electron chi connectivity index (χ1n) is 7.89. The minimum atomic E-state index is -4.71. The Bertz CT molecular complexity index is 1180. The lowest BCUT2D eigenvalue weighted by Gasteiger charge is -2.10. The van der Waals surface area contributed by atoms with Crippen molar-refractivity contribution < 1.29 is 22.9 Å². The zero-order valence-electron chi connectivity index (χ0n) is 14.2. The molecule has 1 amide bonds. The van der Waals surface area contributed by atoms with Gasteiger partial charge in [0.25, 0.3) is 10.1 Å². The number of rotatable bonds is 5. The third-order valence-electron chi connectivity index (χ3n) is 3.76. The summed E-state index contributed by atoms with van der Waals surface area (Å²) in [7, 11) is -4.71. The van der Waals surface area contributed by atoms with Crippen LogP contribution in [-0.4, -0.2) is 29.9 Å². The summed E-state index contributed by atoms with van der Waals surface area (Å²) < 4.78 is 33.2. The quantitative estimate of drug-likeness (QED) is 0.321. The Hall–Kier alpha value is -3.01. The van der Waals surface area contributed by atoms with E-state index in [0.29, 0.717) is 11.4 Å². The van der Waals surface area contributed by atoms with Crippen LogP contribution in [0, 0.1) is 0 Å². The van der Waals surface area contributed by atoms with E-state index in [1.807, 2.05) is 0 Å². The van der Waals surface area contributed by atoms with Gasteiger partial charge in [-0.1, -0.05) is 18.2 Å². The number of nitrogens with one attached hydrogen (secondary N) is 1. The molecule has 0 atom stereocenters. The number of alkyl halides is 1. The van der Waals surface area contributed by atoms with Gasteiger partial charge < -0.3 is 10.4 Å². The van der Waals surface area contributed by atoms with Crippen molar-refractivity contribution in [3.63, 3.8) is 0 Å². The molecule has 10 heteroatoms. The molecule has 144 valence electrons. The van der Waals surface area contributed by atoms with Crippen LogP contribution in [0.1, 0.15) is 0 Å². The van der Waals surface area contributed by atoms with Crippen LogP contribution >= 0.6 is 11.6 Å². The maximum absolute atomic E-state index is 11.8. The molecule has 0 bridgehead atoms. The summed E-state index contributed by atoms with van der Waals surface area (Å²) in [6, 6.07) is 14.1. The average Bonchev–Trinajstić information content (AvgIpc) is 2.67. The Morgan fingerprint density at radius 2 is 1.79 bits per heavy atom. The predicted octanol–water partition coefficient (Wildman–Crippen LogP) is 4.38. The number of phenols is 1. The summed E-state index contributed by atoms with van der Waals surface area (Å²) >= 11 is 5.45. The van der Waals surface area contributed by atoms with Crippen molar-refractivity contribution in [2.45, 2.75) is 4.90 Å². The zero-order valence-corrected chi connectivity index (χ0v) is 15.8. The van der Waals surface area contributed by atoms with E-state index < -0.39 is 32.4 Å². The lowest BCUT2D eigenvalue weighted by Crippen LogP contribution is -2.12. The summed E-state index contributed by atoms with van der Waals surface area (Å²) in [4.78, 5) is 10.8.